The maximum Gasteiger partial charge on any atom is -0.0199 e. The van der Waals surface area contributed by atoms with Gasteiger partial charge in [-0.2, -0.15) is 0 Å². The average Bonchev–Trinajstić information content (AvgIpc) is 2.30. The Labute approximate surface area is 110 Å². The highest BCUT2D eigenvalue weighted by atomic mass is 14.1. The van der Waals surface area contributed by atoms with E-state index in [9.17, 15) is 0 Å². The fourth-order valence-corrected chi connectivity index (χ4v) is 1.64. The normalized spacial score (nSPS) is 9.35. The summed E-state index contributed by atoms with van der Waals surface area (Å²) in [4.78, 5) is 0. The van der Waals surface area contributed by atoms with Crippen LogP contribution in [0, 0.1) is 6.92 Å². The van der Waals surface area contributed by atoms with Gasteiger partial charge >= 0.3 is 0 Å². The summed E-state index contributed by atoms with van der Waals surface area (Å²) in [7, 11) is 0. The molecule has 17 heavy (non-hydrogen) atoms. The van der Waals surface area contributed by atoms with E-state index in [4.69, 9.17) is 0 Å². The molecular formula is C17H32. The molecule has 0 spiro atoms. The quantitative estimate of drug-likeness (QED) is 0.562. The molecule has 0 saturated heterocycles. The molecule has 1 aromatic carbocycles. The van der Waals surface area contributed by atoms with Crippen LogP contribution in [0.2, 0.25) is 0 Å². The van der Waals surface area contributed by atoms with E-state index in [1.54, 1.807) is 0 Å². The monoisotopic (exact) mass is 236 g/mol. The van der Waals surface area contributed by atoms with Crippen LogP contribution in [0.1, 0.15) is 66.5 Å². The number of hydrogen-bond donors (Lipinski definition) is 0. The van der Waals surface area contributed by atoms with Gasteiger partial charge in [0.25, 0.3) is 0 Å². The van der Waals surface area contributed by atoms with Crippen LogP contribution in [0.5, 0.6) is 0 Å². The zero-order chi connectivity index (χ0) is 11.7. The standard InChI is InChI=1S/C13H18.C2H6.2CH4/c1-4-8-12(5-2)13-10-7-6-9-11(13)3;1-2;;/h5-7,9-10H,4,8H2,1-3H3;1-2H3;2*1H4/b12-5-;;;. The molecule has 1 rings (SSSR count). The summed E-state index contributed by atoms with van der Waals surface area (Å²) in [6.45, 7) is 10.5. The molecule has 0 nitrogen and oxygen atoms in total. The Kier molecular flexibility index (Phi) is 16.3. The SMILES string of the molecule is C.C.C/C=C(/CCC)c1ccccc1C.CC. The molecule has 0 atom stereocenters. The molecule has 0 aliphatic rings. The fraction of sp³-hybridized carbons (Fsp3) is 0.529. The van der Waals surface area contributed by atoms with Gasteiger partial charge in [-0.05, 0) is 37.0 Å². The number of rotatable bonds is 3. The van der Waals surface area contributed by atoms with E-state index in [0.29, 0.717) is 0 Å². The maximum atomic E-state index is 2.23. The van der Waals surface area contributed by atoms with Gasteiger partial charge in [-0.25, -0.2) is 0 Å². The smallest absolute Gasteiger partial charge is 0.0199 e. The molecule has 100 valence electrons. The molecule has 0 aliphatic carbocycles. The van der Waals surface area contributed by atoms with Crippen molar-refractivity contribution < 1.29 is 0 Å². The molecule has 0 heteroatoms. The molecule has 0 saturated carbocycles. The van der Waals surface area contributed by atoms with Gasteiger partial charge in [-0.1, -0.05) is 72.4 Å². The van der Waals surface area contributed by atoms with E-state index in [0.717, 1.165) is 0 Å². The molecule has 0 heterocycles. The third-order valence-electron chi connectivity index (χ3n) is 2.36. The second kappa shape index (κ2) is 13.0. The number of hydrogen-bond acceptors (Lipinski definition) is 0. The number of benzene rings is 1. The number of aryl methyl sites for hydroxylation is 1. The Bertz CT molecular complexity index is 295. The molecule has 0 aliphatic heterocycles. The average molecular weight is 236 g/mol. The second-order valence-corrected chi connectivity index (χ2v) is 3.38. The summed E-state index contributed by atoms with van der Waals surface area (Å²) < 4.78 is 0. The van der Waals surface area contributed by atoms with Crippen LogP contribution < -0.4 is 0 Å². The second-order valence-electron chi connectivity index (χ2n) is 3.38. The van der Waals surface area contributed by atoms with Crippen LogP contribution in [-0.4, -0.2) is 0 Å². The first-order chi connectivity index (χ1) is 7.29. The van der Waals surface area contributed by atoms with Crippen LogP contribution in [0.3, 0.4) is 0 Å². The van der Waals surface area contributed by atoms with Crippen molar-refractivity contribution in [2.24, 2.45) is 0 Å². The summed E-state index contributed by atoms with van der Waals surface area (Å²) in [6, 6.07) is 8.59. The number of allylic oxidation sites excluding steroid dienone is 2. The van der Waals surface area contributed by atoms with Crippen molar-refractivity contribution in [1.29, 1.82) is 0 Å². The highest BCUT2D eigenvalue weighted by Gasteiger charge is 2.01. The summed E-state index contributed by atoms with van der Waals surface area (Å²) >= 11 is 0. The van der Waals surface area contributed by atoms with Crippen molar-refractivity contribution in [3.63, 3.8) is 0 Å². The first-order valence-electron chi connectivity index (χ1n) is 6.00. The topological polar surface area (TPSA) is 0 Å². The Morgan fingerprint density at radius 2 is 1.65 bits per heavy atom. The molecule has 1 aromatic rings. The van der Waals surface area contributed by atoms with E-state index in [-0.39, 0.29) is 14.9 Å². The molecule has 0 radical (unpaired) electrons. The Balaban J connectivity index is -0.000000464. The molecule has 0 bridgehead atoms. The van der Waals surface area contributed by atoms with Crippen molar-refractivity contribution in [2.45, 2.75) is 62.3 Å². The Hall–Kier alpha value is -1.04. The highest BCUT2D eigenvalue weighted by Crippen LogP contribution is 2.22. The van der Waals surface area contributed by atoms with Crippen molar-refractivity contribution >= 4 is 5.57 Å². The third-order valence-corrected chi connectivity index (χ3v) is 2.36. The first kappa shape index (κ1) is 21.3. The van der Waals surface area contributed by atoms with Crippen molar-refractivity contribution in [1.82, 2.24) is 0 Å². The van der Waals surface area contributed by atoms with Gasteiger partial charge in [0.2, 0.25) is 0 Å². The third kappa shape index (κ3) is 6.99. The van der Waals surface area contributed by atoms with Gasteiger partial charge in [0.1, 0.15) is 0 Å². The van der Waals surface area contributed by atoms with Crippen molar-refractivity contribution in [3.8, 4) is 0 Å². The van der Waals surface area contributed by atoms with Crippen LogP contribution in [0.25, 0.3) is 5.57 Å². The zero-order valence-electron chi connectivity index (χ0n) is 10.8. The molecular weight excluding hydrogens is 204 g/mol. The zero-order valence-corrected chi connectivity index (χ0v) is 10.8. The minimum absolute atomic E-state index is 0. The highest BCUT2D eigenvalue weighted by molar-refractivity contribution is 5.67. The van der Waals surface area contributed by atoms with Crippen LogP contribution >= 0.6 is 0 Å². The van der Waals surface area contributed by atoms with E-state index < -0.39 is 0 Å². The lowest BCUT2D eigenvalue weighted by atomic mass is 9.97. The summed E-state index contributed by atoms with van der Waals surface area (Å²) in [5.41, 5.74) is 4.26. The summed E-state index contributed by atoms with van der Waals surface area (Å²) in [5.74, 6) is 0. The summed E-state index contributed by atoms with van der Waals surface area (Å²) in [6.07, 6.45) is 4.63. The lowest BCUT2D eigenvalue weighted by Gasteiger charge is -2.08. The minimum Gasteiger partial charge on any atom is -0.0838 e. The van der Waals surface area contributed by atoms with Crippen molar-refractivity contribution in [2.75, 3.05) is 0 Å². The molecule has 0 fully saturated rings. The van der Waals surface area contributed by atoms with Gasteiger partial charge in [-0.15, -0.1) is 0 Å². The van der Waals surface area contributed by atoms with Gasteiger partial charge in [0.05, 0.1) is 0 Å². The van der Waals surface area contributed by atoms with Gasteiger partial charge in [-0.3, -0.25) is 0 Å². The molecule has 0 aromatic heterocycles. The molecule has 0 N–H and O–H groups in total. The van der Waals surface area contributed by atoms with Crippen LogP contribution in [0.4, 0.5) is 0 Å². The van der Waals surface area contributed by atoms with E-state index in [2.05, 4.69) is 51.1 Å². The Morgan fingerprint density at radius 3 is 2.06 bits per heavy atom. The van der Waals surface area contributed by atoms with Crippen molar-refractivity contribution in [3.05, 3.63) is 41.5 Å². The van der Waals surface area contributed by atoms with E-state index >= 15 is 0 Å². The largest absolute Gasteiger partial charge is 0.0838 e. The van der Waals surface area contributed by atoms with E-state index in [1.807, 2.05) is 13.8 Å². The first-order valence-corrected chi connectivity index (χ1v) is 6.00. The Morgan fingerprint density at radius 1 is 1.12 bits per heavy atom. The maximum absolute atomic E-state index is 2.23. The van der Waals surface area contributed by atoms with Crippen LogP contribution in [0.15, 0.2) is 30.3 Å². The van der Waals surface area contributed by atoms with Crippen LogP contribution in [-0.2, 0) is 0 Å². The predicted octanol–water partition coefficient (Wildman–Crippen LogP) is 6.50. The van der Waals surface area contributed by atoms with E-state index in [1.165, 1.54) is 29.5 Å². The molecule has 0 amide bonds. The van der Waals surface area contributed by atoms with Gasteiger partial charge in [0.15, 0.2) is 0 Å². The fourth-order valence-electron chi connectivity index (χ4n) is 1.64. The lowest BCUT2D eigenvalue weighted by Crippen LogP contribution is -1.87. The molecule has 0 unspecified atom stereocenters. The van der Waals surface area contributed by atoms with Gasteiger partial charge < -0.3 is 0 Å². The predicted molar refractivity (Wildman–Crippen MR) is 84.5 cm³/mol. The van der Waals surface area contributed by atoms with Gasteiger partial charge in [0, 0.05) is 0 Å². The lowest BCUT2D eigenvalue weighted by molar-refractivity contribution is 0.970. The summed E-state index contributed by atoms with van der Waals surface area (Å²) in [5, 5.41) is 0. The minimum atomic E-state index is 0.